The highest BCUT2D eigenvalue weighted by Gasteiger charge is 2.20. The van der Waals surface area contributed by atoms with Gasteiger partial charge in [-0.25, -0.2) is 0 Å². The molecule has 1 fully saturated rings. The molecule has 0 bridgehead atoms. The molecule has 1 heterocycles. The summed E-state index contributed by atoms with van der Waals surface area (Å²) in [7, 11) is 1.77. The summed E-state index contributed by atoms with van der Waals surface area (Å²) < 4.78 is 1.59. The zero-order valence-electron chi connectivity index (χ0n) is 7.79. The number of hydrogen-bond acceptors (Lipinski definition) is 2. The predicted molar refractivity (Wildman–Crippen MR) is 52.9 cm³/mol. The van der Waals surface area contributed by atoms with E-state index in [9.17, 15) is 4.79 Å². The van der Waals surface area contributed by atoms with Crippen molar-refractivity contribution >= 4 is 5.69 Å². The van der Waals surface area contributed by atoms with Crippen molar-refractivity contribution in [2.75, 3.05) is 11.9 Å². The zero-order valence-corrected chi connectivity index (χ0v) is 7.79. The molecule has 13 heavy (non-hydrogen) atoms. The molecule has 0 aromatic carbocycles. The largest absolute Gasteiger partial charge is 0.384 e. The number of nitrogens with one attached hydrogen (secondary N) is 1. The molecule has 0 unspecified atom stereocenters. The summed E-state index contributed by atoms with van der Waals surface area (Å²) in [6.07, 6.45) is 4.53. The molecule has 1 aromatic heterocycles. The average molecular weight is 178 g/mol. The van der Waals surface area contributed by atoms with Gasteiger partial charge in [-0.1, -0.05) is 0 Å². The fourth-order valence-electron chi connectivity index (χ4n) is 1.28. The molecule has 0 spiro atoms. The Bertz CT molecular complexity index is 352. The quantitative estimate of drug-likeness (QED) is 0.754. The smallest absolute Gasteiger partial charge is 0.250 e. The normalized spacial score (nSPS) is 15.8. The van der Waals surface area contributed by atoms with E-state index in [1.54, 1.807) is 17.7 Å². The van der Waals surface area contributed by atoms with Crippen LogP contribution in [-0.4, -0.2) is 11.1 Å². The van der Waals surface area contributed by atoms with Crippen LogP contribution in [0.2, 0.25) is 0 Å². The molecule has 3 heteroatoms. The van der Waals surface area contributed by atoms with E-state index in [4.69, 9.17) is 0 Å². The molecule has 0 amide bonds. The summed E-state index contributed by atoms with van der Waals surface area (Å²) in [6, 6.07) is 3.43. The Morgan fingerprint density at radius 2 is 2.31 bits per heavy atom. The first-order valence-corrected chi connectivity index (χ1v) is 4.66. The first kappa shape index (κ1) is 8.35. The second kappa shape index (κ2) is 3.24. The van der Waals surface area contributed by atoms with Gasteiger partial charge in [0.05, 0.1) is 5.69 Å². The lowest BCUT2D eigenvalue weighted by atomic mass is 10.3. The van der Waals surface area contributed by atoms with E-state index < -0.39 is 0 Å². The number of aryl methyl sites for hydroxylation is 1. The van der Waals surface area contributed by atoms with Crippen molar-refractivity contribution in [1.82, 2.24) is 4.57 Å². The number of rotatable bonds is 3. The number of anilines is 1. The Morgan fingerprint density at radius 3 is 2.92 bits per heavy atom. The Balaban J connectivity index is 2.02. The Labute approximate surface area is 77.4 Å². The van der Waals surface area contributed by atoms with Crippen LogP contribution < -0.4 is 10.9 Å². The maximum atomic E-state index is 11.1. The molecule has 0 aliphatic heterocycles. The topological polar surface area (TPSA) is 34.0 Å². The molecule has 1 aromatic rings. The summed E-state index contributed by atoms with van der Waals surface area (Å²) in [5, 5.41) is 3.31. The molecule has 3 nitrogen and oxygen atoms in total. The van der Waals surface area contributed by atoms with Gasteiger partial charge in [-0.2, -0.15) is 0 Å². The summed E-state index contributed by atoms with van der Waals surface area (Å²) in [4.78, 5) is 11.1. The van der Waals surface area contributed by atoms with Crippen LogP contribution in [0.15, 0.2) is 23.1 Å². The molecule has 1 N–H and O–H groups in total. The number of pyridine rings is 1. The van der Waals surface area contributed by atoms with E-state index in [-0.39, 0.29) is 5.56 Å². The van der Waals surface area contributed by atoms with E-state index in [2.05, 4.69) is 5.32 Å². The van der Waals surface area contributed by atoms with Crippen LogP contribution in [-0.2, 0) is 7.05 Å². The minimum atomic E-state index is 0.0389. The van der Waals surface area contributed by atoms with Crippen LogP contribution in [0.3, 0.4) is 0 Å². The molecule has 0 atom stereocenters. The van der Waals surface area contributed by atoms with E-state index >= 15 is 0 Å². The summed E-state index contributed by atoms with van der Waals surface area (Å²) in [5.41, 5.74) is 1.07. The SMILES string of the molecule is Cn1cc(NCC2CC2)ccc1=O. The van der Waals surface area contributed by atoms with Gasteiger partial charge in [0.2, 0.25) is 5.56 Å². The minimum Gasteiger partial charge on any atom is -0.384 e. The van der Waals surface area contributed by atoms with Crippen molar-refractivity contribution < 1.29 is 0 Å². The molecule has 0 radical (unpaired) electrons. The molecule has 2 rings (SSSR count). The van der Waals surface area contributed by atoms with Gasteiger partial charge < -0.3 is 9.88 Å². The summed E-state index contributed by atoms with van der Waals surface area (Å²) in [5.74, 6) is 0.859. The van der Waals surface area contributed by atoms with Crippen LogP contribution in [0, 0.1) is 5.92 Å². The fraction of sp³-hybridized carbons (Fsp3) is 0.500. The highest BCUT2D eigenvalue weighted by atomic mass is 16.1. The van der Waals surface area contributed by atoms with Gasteiger partial charge in [-0.05, 0) is 24.8 Å². The third-order valence-corrected chi connectivity index (χ3v) is 2.38. The maximum absolute atomic E-state index is 11.1. The Kier molecular flexibility index (Phi) is 2.08. The maximum Gasteiger partial charge on any atom is 0.250 e. The van der Waals surface area contributed by atoms with Crippen molar-refractivity contribution in [2.45, 2.75) is 12.8 Å². The molecule has 1 aliphatic carbocycles. The van der Waals surface area contributed by atoms with E-state index in [0.29, 0.717) is 0 Å². The van der Waals surface area contributed by atoms with Crippen LogP contribution in [0.1, 0.15) is 12.8 Å². The van der Waals surface area contributed by atoms with Crippen LogP contribution in [0.5, 0.6) is 0 Å². The molecular weight excluding hydrogens is 164 g/mol. The zero-order chi connectivity index (χ0) is 9.26. The van der Waals surface area contributed by atoms with Gasteiger partial charge in [-0.3, -0.25) is 4.79 Å². The summed E-state index contributed by atoms with van der Waals surface area (Å²) >= 11 is 0. The van der Waals surface area contributed by atoms with Gasteiger partial charge in [0.1, 0.15) is 0 Å². The highest BCUT2D eigenvalue weighted by Crippen LogP contribution is 2.28. The van der Waals surface area contributed by atoms with Gasteiger partial charge in [0, 0.05) is 25.9 Å². The molecule has 1 saturated carbocycles. The minimum absolute atomic E-state index is 0.0389. The first-order chi connectivity index (χ1) is 6.25. The van der Waals surface area contributed by atoms with Crippen molar-refractivity contribution in [3.63, 3.8) is 0 Å². The standard InChI is InChI=1S/C10H14N2O/c1-12-7-9(4-5-10(12)13)11-6-8-2-3-8/h4-5,7-8,11H,2-3,6H2,1H3. The lowest BCUT2D eigenvalue weighted by Gasteiger charge is -2.05. The second-order valence-corrected chi connectivity index (χ2v) is 3.69. The van der Waals surface area contributed by atoms with Gasteiger partial charge in [0.25, 0.3) is 0 Å². The van der Waals surface area contributed by atoms with Crippen LogP contribution in [0.25, 0.3) is 0 Å². The average Bonchev–Trinajstić information content (AvgIpc) is 2.91. The van der Waals surface area contributed by atoms with Crippen molar-refractivity contribution in [1.29, 1.82) is 0 Å². The van der Waals surface area contributed by atoms with E-state index in [1.807, 2.05) is 12.3 Å². The molecule has 0 saturated heterocycles. The van der Waals surface area contributed by atoms with Gasteiger partial charge >= 0.3 is 0 Å². The second-order valence-electron chi connectivity index (χ2n) is 3.69. The van der Waals surface area contributed by atoms with Crippen LogP contribution in [0.4, 0.5) is 5.69 Å². The van der Waals surface area contributed by atoms with E-state index in [0.717, 1.165) is 18.2 Å². The molecule has 70 valence electrons. The van der Waals surface area contributed by atoms with Crippen LogP contribution >= 0.6 is 0 Å². The lowest BCUT2D eigenvalue weighted by Crippen LogP contribution is -2.15. The fourth-order valence-corrected chi connectivity index (χ4v) is 1.28. The van der Waals surface area contributed by atoms with Crippen molar-refractivity contribution in [2.24, 2.45) is 13.0 Å². The third kappa shape index (κ3) is 2.11. The first-order valence-electron chi connectivity index (χ1n) is 4.66. The van der Waals surface area contributed by atoms with Gasteiger partial charge in [0.15, 0.2) is 0 Å². The lowest BCUT2D eigenvalue weighted by molar-refractivity contribution is 0.847. The number of hydrogen-bond donors (Lipinski definition) is 1. The number of nitrogens with zero attached hydrogens (tertiary/aromatic N) is 1. The highest BCUT2D eigenvalue weighted by molar-refractivity contribution is 5.40. The molecular formula is C10H14N2O. The summed E-state index contributed by atoms with van der Waals surface area (Å²) in [6.45, 7) is 1.04. The molecule has 1 aliphatic rings. The monoisotopic (exact) mass is 178 g/mol. The van der Waals surface area contributed by atoms with E-state index in [1.165, 1.54) is 12.8 Å². The van der Waals surface area contributed by atoms with Crippen molar-refractivity contribution in [3.05, 3.63) is 28.7 Å². The Hall–Kier alpha value is -1.25. The Morgan fingerprint density at radius 1 is 1.54 bits per heavy atom. The third-order valence-electron chi connectivity index (χ3n) is 2.38. The van der Waals surface area contributed by atoms with Gasteiger partial charge in [-0.15, -0.1) is 0 Å². The van der Waals surface area contributed by atoms with Crippen molar-refractivity contribution in [3.8, 4) is 0 Å². The predicted octanol–water partition coefficient (Wildman–Crippen LogP) is 1.21. The number of aromatic nitrogens is 1.